The summed E-state index contributed by atoms with van der Waals surface area (Å²) < 4.78 is 46.9. The summed E-state index contributed by atoms with van der Waals surface area (Å²) in [5, 5.41) is 0.838. The monoisotopic (exact) mass is 445 g/mol. The van der Waals surface area contributed by atoms with E-state index in [0.717, 1.165) is 25.1 Å². The predicted molar refractivity (Wildman–Crippen MR) is 109 cm³/mol. The molecule has 0 N–H and O–H groups in total. The normalized spacial score (nSPS) is 12.1. The number of alkyl halides is 3. The van der Waals surface area contributed by atoms with Gasteiger partial charge in [-0.25, -0.2) is 4.98 Å². The van der Waals surface area contributed by atoms with Gasteiger partial charge in [-0.2, -0.15) is 13.2 Å². The van der Waals surface area contributed by atoms with Gasteiger partial charge in [-0.15, -0.1) is 0 Å². The molecule has 4 nitrogen and oxygen atoms in total. The van der Waals surface area contributed by atoms with Gasteiger partial charge < -0.3 is 14.2 Å². The molecule has 2 aromatic carbocycles. The summed E-state index contributed by atoms with van der Waals surface area (Å²) in [5.41, 5.74) is 0.194. The van der Waals surface area contributed by atoms with Crippen molar-refractivity contribution < 1.29 is 17.9 Å². The van der Waals surface area contributed by atoms with Crippen LogP contribution in [-0.4, -0.2) is 35.1 Å². The third-order valence-electron chi connectivity index (χ3n) is 4.39. The first-order valence-corrected chi connectivity index (χ1v) is 9.69. The highest BCUT2D eigenvalue weighted by molar-refractivity contribution is 6.35. The van der Waals surface area contributed by atoms with E-state index in [0.29, 0.717) is 33.7 Å². The lowest BCUT2D eigenvalue weighted by Crippen LogP contribution is -2.16. The van der Waals surface area contributed by atoms with Crippen LogP contribution in [0.25, 0.3) is 11.0 Å². The molecule has 156 valence electrons. The zero-order valence-electron chi connectivity index (χ0n) is 15.9. The van der Waals surface area contributed by atoms with Crippen molar-refractivity contribution in [3.05, 3.63) is 57.8 Å². The van der Waals surface area contributed by atoms with Gasteiger partial charge in [-0.3, -0.25) is 0 Å². The van der Waals surface area contributed by atoms with Crippen molar-refractivity contribution >= 4 is 34.2 Å². The number of fused-ring (bicyclic) bond motifs is 1. The summed E-state index contributed by atoms with van der Waals surface area (Å²) in [6.45, 7) is 1.51. The first-order chi connectivity index (χ1) is 13.6. The SMILES string of the molecule is CN(C)CCCn1c(COc2ccc(Cl)cc2Cl)nc2cc(C(F)(F)F)ccc21. The molecule has 29 heavy (non-hydrogen) atoms. The highest BCUT2D eigenvalue weighted by Crippen LogP contribution is 2.32. The molecule has 0 amide bonds. The average molecular weight is 446 g/mol. The van der Waals surface area contributed by atoms with Crippen LogP contribution in [0.4, 0.5) is 13.2 Å². The van der Waals surface area contributed by atoms with E-state index in [2.05, 4.69) is 4.98 Å². The summed E-state index contributed by atoms with van der Waals surface area (Å²) in [6.07, 6.45) is -3.61. The molecule has 0 radical (unpaired) electrons. The fraction of sp³-hybridized carbons (Fsp3) is 0.350. The lowest BCUT2D eigenvalue weighted by atomic mass is 10.2. The standard InChI is InChI=1S/C20H20Cl2F3N3O/c1-27(2)8-3-9-28-17-6-4-13(20(23,24)25)10-16(17)26-19(28)12-29-18-7-5-14(21)11-15(18)22/h4-7,10-11H,3,8-9,12H2,1-2H3. The topological polar surface area (TPSA) is 30.3 Å². The molecule has 1 heterocycles. The van der Waals surface area contributed by atoms with Crippen LogP contribution in [0.2, 0.25) is 10.0 Å². The third-order valence-corrected chi connectivity index (χ3v) is 4.92. The van der Waals surface area contributed by atoms with Crippen LogP contribution in [0.1, 0.15) is 17.8 Å². The lowest BCUT2D eigenvalue weighted by Gasteiger charge is -2.13. The Morgan fingerprint density at radius 2 is 1.86 bits per heavy atom. The van der Waals surface area contributed by atoms with Crippen molar-refractivity contribution in [1.29, 1.82) is 0 Å². The molecule has 0 aliphatic rings. The van der Waals surface area contributed by atoms with Gasteiger partial charge in [0.05, 0.1) is 21.6 Å². The Labute approximate surface area is 176 Å². The summed E-state index contributed by atoms with van der Waals surface area (Å²) in [5.74, 6) is 0.961. The first-order valence-electron chi connectivity index (χ1n) is 8.94. The molecule has 0 bridgehead atoms. The molecule has 0 saturated heterocycles. The molecule has 1 aromatic heterocycles. The van der Waals surface area contributed by atoms with Crippen molar-refractivity contribution in [2.24, 2.45) is 0 Å². The summed E-state index contributed by atoms with van der Waals surface area (Å²) in [7, 11) is 3.93. The van der Waals surface area contributed by atoms with Gasteiger partial charge in [0.15, 0.2) is 0 Å². The Kier molecular flexibility index (Phi) is 6.61. The maximum atomic E-state index is 13.1. The summed E-state index contributed by atoms with van der Waals surface area (Å²) in [4.78, 5) is 6.45. The lowest BCUT2D eigenvalue weighted by molar-refractivity contribution is -0.137. The zero-order chi connectivity index (χ0) is 21.2. The molecule has 0 saturated carbocycles. The first kappa shape index (κ1) is 21.7. The van der Waals surface area contributed by atoms with Crippen LogP contribution in [0.5, 0.6) is 5.75 Å². The number of hydrogen-bond donors (Lipinski definition) is 0. The predicted octanol–water partition coefficient (Wildman–Crippen LogP) is 5.89. The molecule has 0 atom stereocenters. The van der Waals surface area contributed by atoms with E-state index in [1.807, 2.05) is 23.6 Å². The molecule has 3 aromatic rings. The Morgan fingerprint density at radius 3 is 2.52 bits per heavy atom. The smallest absolute Gasteiger partial charge is 0.416 e. The Bertz CT molecular complexity index is 1000. The number of nitrogens with zero attached hydrogens (tertiary/aromatic N) is 3. The highest BCUT2D eigenvalue weighted by atomic mass is 35.5. The van der Waals surface area contributed by atoms with E-state index in [4.69, 9.17) is 27.9 Å². The fourth-order valence-electron chi connectivity index (χ4n) is 3.00. The van der Waals surface area contributed by atoms with Crippen LogP contribution in [-0.2, 0) is 19.3 Å². The number of rotatable bonds is 7. The van der Waals surface area contributed by atoms with Crippen molar-refractivity contribution in [2.45, 2.75) is 25.7 Å². The van der Waals surface area contributed by atoms with Gasteiger partial charge in [0, 0.05) is 11.6 Å². The minimum absolute atomic E-state index is 0.0688. The molecule has 0 fully saturated rings. The van der Waals surface area contributed by atoms with Crippen molar-refractivity contribution in [3.63, 3.8) is 0 Å². The van der Waals surface area contributed by atoms with Crippen LogP contribution in [0.3, 0.4) is 0 Å². The minimum Gasteiger partial charge on any atom is -0.484 e. The van der Waals surface area contributed by atoms with Crippen LogP contribution in [0.15, 0.2) is 36.4 Å². The van der Waals surface area contributed by atoms with Crippen LogP contribution < -0.4 is 4.74 Å². The average Bonchev–Trinajstić information content (AvgIpc) is 2.97. The minimum atomic E-state index is -4.42. The maximum absolute atomic E-state index is 13.1. The number of hydrogen-bond acceptors (Lipinski definition) is 3. The second kappa shape index (κ2) is 8.81. The van der Waals surface area contributed by atoms with E-state index in [1.54, 1.807) is 18.2 Å². The van der Waals surface area contributed by atoms with Gasteiger partial charge in [0.2, 0.25) is 0 Å². The number of halogens is 5. The van der Waals surface area contributed by atoms with E-state index >= 15 is 0 Å². The molecule has 0 unspecified atom stereocenters. The third kappa shape index (κ3) is 5.35. The highest BCUT2D eigenvalue weighted by Gasteiger charge is 2.31. The molecule has 9 heteroatoms. The Hall–Kier alpha value is -1.96. The van der Waals surface area contributed by atoms with Crippen molar-refractivity contribution in [3.8, 4) is 5.75 Å². The van der Waals surface area contributed by atoms with E-state index in [1.165, 1.54) is 6.07 Å². The number of ether oxygens (including phenoxy) is 1. The molecule has 3 rings (SSSR count). The number of benzene rings is 2. The van der Waals surface area contributed by atoms with E-state index in [9.17, 15) is 13.2 Å². The number of aryl methyl sites for hydroxylation is 1. The van der Waals surface area contributed by atoms with Gasteiger partial charge in [-0.05, 0) is 63.5 Å². The molecular formula is C20H20Cl2F3N3O. The summed E-state index contributed by atoms with van der Waals surface area (Å²) in [6, 6.07) is 8.46. The second-order valence-corrected chi connectivity index (χ2v) is 7.74. The van der Waals surface area contributed by atoms with Gasteiger partial charge >= 0.3 is 6.18 Å². The second-order valence-electron chi connectivity index (χ2n) is 6.90. The van der Waals surface area contributed by atoms with E-state index < -0.39 is 11.7 Å². The maximum Gasteiger partial charge on any atom is 0.416 e. The van der Waals surface area contributed by atoms with Crippen LogP contribution >= 0.6 is 23.2 Å². The quantitative estimate of drug-likeness (QED) is 0.453. The molecule has 0 aliphatic heterocycles. The largest absolute Gasteiger partial charge is 0.484 e. The van der Waals surface area contributed by atoms with Gasteiger partial charge in [0.25, 0.3) is 0 Å². The fourth-order valence-corrected chi connectivity index (χ4v) is 3.46. The van der Waals surface area contributed by atoms with Gasteiger partial charge in [-0.1, -0.05) is 23.2 Å². The summed E-state index contributed by atoms with van der Waals surface area (Å²) >= 11 is 12.0. The van der Waals surface area contributed by atoms with Gasteiger partial charge in [0.1, 0.15) is 18.2 Å². The zero-order valence-corrected chi connectivity index (χ0v) is 17.4. The van der Waals surface area contributed by atoms with Crippen molar-refractivity contribution in [2.75, 3.05) is 20.6 Å². The number of imidazole rings is 1. The Balaban J connectivity index is 1.91. The number of aromatic nitrogens is 2. The van der Waals surface area contributed by atoms with E-state index in [-0.39, 0.29) is 12.1 Å². The Morgan fingerprint density at radius 1 is 1.10 bits per heavy atom. The van der Waals surface area contributed by atoms with Crippen molar-refractivity contribution in [1.82, 2.24) is 14.5 Å². The molecule has 0 spiro atoms. The molecule has 0 aliphatic carbocycles. The molecular weight excluding hydrogens is 426 g/mol. The van der Waals surface area contributed by atoms with Crippen LogP contribution in [0, 0.1) is 0 Å².